The fourth-order valence-corrected chi connectivity index (χ4v) is 5.84. The fourth-order valence-electron chi connectivity index (χ4n) is 3.20. The number of rotatable bonds is 5. The lowest BCUT2D eigenvalue weighted by atomic mass is 10.2. The minimum absolute atomic E-state index is 0.0448. The van der Waals surface area contributed by atoms with Crippen molar-refractivity contribution in [3.63, 3.8) is 0 Å². The van der Waals surface area contributed by atoms with E-state index in [-0.39, 0.29) is 15.6 Å². The van der Waals surface area contributed by atoms with Gasteiger partial charge in [0.1, 0.15) is 10.8 Å². The molecule has 1 atom stereocenters. The number of hydrogen-bond acceptors (Lipinski definition) is 6. The Morgan fingerprint density at radius 3 is 2.59 bits per heavy atom. The van der Waals surface area contributed by atoms with Gasteiger partial charge >= 0.3 is 0 Å². The molecule has 0 saturated carbocycles. The first-order chi connectivity index (χ1) is 14.0. The van der Waals surface area contributed by atoms with E-state index in [1.165, 1.54) is 22.5 Å². The highest BCUT2D eigenvalue weighted by Gasteiger charge is 2.38. The van der Waals surface area contributed by atoms with Crippen LogP contribution in [0.1, 0.15) is 33.7 Å². The molecule has 1 amide bonds. The average molecular weight is 433 g/mol. The molecule has 29 heavy (non-hydrogen) atoms. The quantitative estimate of drug-likeness (QED) is 0.667. The summed E-state index contributed by atoms with van der Waals surface area (Å²) in [5.41, 5.74) is 0.0448. The van der Waals surface area contributed by atoms with Gasteiger partial charge in [0.2, 0.25) is 15.0 Å². The van der Waals surface area contributed by atoms with Crippen LogP contribution in [0, 0.1) is 5.82 Å². The summed E-state index contributed by atoms with van der Waals surface area (Å²) in [6.07, 6.45) is 1.28. The molecule has 1 aromatic heterocycles. The number of carbonyl (C=O) groups excluding carboxylic acids is 1. The van der Waals surface area contributed by atoms with Crippen molar-refractivity contribution in [2.75, 3.05) is 11.9 Å². The van der Waals surface area contributed by atoms with E-state index in [1.54, 1.807) is 36.4 Å². The van der Waals surface area contributed by atoms with Crippen LogP contribution in [0.4, 0.5) is 10.1 Å². The van der Waals surface area contributed by atoms with Gasteiger partial charge in [-0.05, 0) is 37.1 Å². The standard InChI is InChI=1S/C19H17FN4O3S2/c20-14-9-4-5-10-15(14)21-17(25)19-23-22-18(28-19)16-11-6-12-24(16)29(26,27)13-7-2-1-3-8-13/h1-5,7-10,16H,6,11-12H2,(H,21,25). The lowest BCUT2D eigenvalue weighted by Gasteiger charge is -2.22. The van der Waals surface area contributed by atoms with Crippen molar-refractivity contribution in [3.05, 3.63) is 70.4 Å². The average Bonchev–Trinajstić information content (AvgIpc) is 3.40. The highest BCUT2D eigenvalue weighted by atomic mass is 32.2. The summed E-state index contributed by atoms with van der Waals surface area (Å²) >= 11 is 1.02. The smallest absolute Gasteiger partial charge is 0.286 e. The van der Waals surface area contributed by atoms with Crippen LogP contribution in [0.2, 0.25) is 0 Å². The van der Waals surface area contributed by atoms with Gasteiger partial charge in [0.15, 0.2) is 0 Å². The minimum atomic E-state index is -3.68. The number of amides is 1. The molecule has 7 nitrogen and oxygen atoms in total. The number of aromatic nitrogens is 2. The number of hydrogen-bond donors (Lipinski definition) is 1. The molecule has 10 heteroatoms. The lowest BCUT2D eigenvalue weighted by Crippen LogP contribution is -2.30. The van der Waals surface area contributed by atoms with E-state index in [0.717, 1.165) is 11.3 Å². The predicted molar refractivity (Wildman–Crippen MR) is 107 cm³/mol. The molecule has 1 saturated heterocycles. The normalized spacial score (nSPS) is 17.3. The highest BCUT2D eigenvalue weighted by Crippen LogP contribution is 2.37. The van der Waals surface area contributed by atoms with Crippen LogP contribution in [-0.2, 0) is 10.0 Å². The van der Waals surface area contributed by atoms with Crippen LogP contribution in [0.25, 0.3) is 0 Å². The van der Waals surface area contributed by atoms with Crippen molar-refractivity contribution in [1.82, 2.24) is 14.5 Å². The van der Waals surface area contributed by atoms with Gasteiger partial charge in [-0.2, -0.15) is 4.31 Å². The molecule has 4 rings (SSSR count). The number of anilines is 1. The third-order valence-electron chi connectivity index (χ3n) is 4.60. The highest BCUT2D eigenvalue weighted by molar-refractivity contribution is 7.89. The SMILES string of the molecule is O=C(Nc1ccccc1F)c1nnc(C2CCCN2S(=O)(=O)c2ccccc2)s1. The first-order valence-electron chi connectivity index (χ1n) is 8.93. The predicted octanol–water partition coefficient (Wildman–Crippen LogP) is 3.46. The Morgan fingerprint density at radius 1 is 1.10 bits per heavy atom. The number of nitrogens with zero attached hydrogens (tertiary/aromatic N) is 3. The topological polar surface area (TPSA) is 92.3 Å². The van der Waals surface area contributed by atoms with E-state index in [2.05, 4.69) is 15.5 Å². The maximum Gasteiger partial charge on any atom is 0.286 e. The number of nitrogens with one attached hydrogen (secondary N) is 1. The zero-order valence-electron chi connectivity index (χ0n) is 15.2. The largest absolute Gasteiger partial charge is 0.317 e. The van der Waals surface area contributed by atoms with Gasteiger partial charge in [0.25, 0.3) is 5.91 Å². The van der Waals surface area contributed by atoms with Gasteiger partial charge in [0, 0.05) is 6.54 Å². The third-order valence-corrected chi connectivity index (χ3v) is 7.54. The first-order valence-corrected chi connectivity index (χ1v) is 11.2. The number of halogens is 1. The molecule has 0 aliphatic carbocycles. The maximum absolute atomic E-state index is 13.7. The fraction of sp³-hybridized carbons (Fsp3) is 0.211. The van der Waals surface area contributed by atoms with E-state index in [9.17, 15) is 17.6 Å². The molecule has 150 valence electrons. The Kier molecular flexibility index (Phi) is 5.39. The molecular formula is C19H17FN4O3S2. The van der Waals surface area contributed by atoms with Crippen LogP contribution in [0.15, 0.2) is 59.5 Å². The third kappa shape index (κ3) is 3.91. The second-order valence-corrected chi connectivity index (χ2v) is 9.37. The second kappa shape index (κ2) is 7.97. The van der Waals surface area contributed by atoms with E-state index in [1.807, 2.05) is 0 Å². The Morgan fingerprint density at radius 2 is 1.83 bits per heavy atom. The molecule has 2 aromatic carbocycles. The second-order valence-electron chi connectivity index (χ2n) is 6.47. The van der Waals surface area contributed by atoms with Gasteiger partial charge in [-0.15, -0.1) is 10.2 Å². The van der Waals surface area contributed by atoms with Crippen molar-refractivity contribution in [2.45, 2.75) is 23.8 Å². The molecule has 0 bridgehead atoms. The van der Waals surface area contributed by atoms with Crippen LogP contribution >= 0.6 is 11.3 Å². The van der Waals surface area contributed by atoms with E-state index in [0.29, 0.717) is 24.4 Å². The van der Waals surface area contributed by atoms with Crippen molar-refractivity contribution in [3.8, 4) is 0 Å². The maximum atomic E-state index is 13.7. The van der Waals surface area contributed by atoms with Crippen molar-refractivity contribution < 1.29 is 17.6 Å². The molecule has 1 aliphatic heterocycles. The molecule has 1 unspecified atom stereocenters. The van der Waals surface area contributed by atoms with Crippen LogP contribution in [0.3, 0.4) is 0 Å². The van der Waals surface area contributed by atoms with Gasteiger partial charge in [-0.3, -0.25) is 4.79 Å². The molecule has 0 spiro atoms. The summed E-state index contributed by atoms with van der Waals surface area (Å²) in [5, 5.41) is 10.9. The molecular weight excluding hydrogens is 415 g/mol. The lowest BCUT2D eigenvalue weighted by molar-refractivity contribution is 0.102. The van der Waals surface area contributed by atoms with Gasteiger partial charge in [0.05, 0.1) is 16.6 Å². The first kappa shape index (κ1) is 19.6. The van der Waals surface area contributed by atoms with Crippen molar-refractivity contribution >= 4 is 33.0 Å². The van der Waals surface area contributed by atoms with Crippen molar-refractivity contribution in [2.24, 2.45) is 0 Å². The summed E-state index contributed by atoms with van der Waals surface area (Å²) in [6, 6.07) is 13.6. The molecule has 1 N–H and O–H groups in total. The monoisotopic (exact) mass is 432 g/mol. The van der Waals surface area contributed by atoms with E-state index in [4.69, 9.17) is 0 Å². The Balaban J connectivity index is 1.56. The Hall–Kier alpha value is -2.69. The molecule has 3 aromatic rings. The number of para-hydroxylation sites is 1. The molecule has 2 heterocycles. The van der Waals surface area contributed by atoms with Gasteiger partial charge in [-0.1, -0.05) is 41.7 Å². The number of benzene rings is 2. The van der Waals surface area contributed by atoms with Crippen LogP contribution < -0.4 is 5.32 Å². The summed E-state index contributed by atoms with van der Waals surface area (Å²) in [5.74, 6) is -1.14. The molecule has 1 aliphatic rings. The molecule has 0 radical (unpaired) electrons. The Labute approximate surface area is 171 Å². The minimum Gasteiger partial charge on any atom is -0.317 e. The summed E-state index contributed by atoms with van der Waals surface area (Å²) in [4.78, 5) is 12.6. The zero-order chi connectivity index (χ0) is 20.4. The van der Waals surface area contributed by atoms with Gasteiger partial charge < -0.3 is 5.32 Å². The van der Waals surface area contributed by atoms with Gasteiger partial charge in [-0.25, -0.2) is 12.8 Å². The molecule has 1 fully saturated rings. The van der Waals surface area contributed by atoms with Crippen LogP contribution in [-0.4, -0.2) is 35.4 Å². The van der Waals surface area contributed by atoms with Crippen LogP contribution in [0.5, 0.6) is 0 Å². The summed E-state index contributed by atoms with van der Waals surface area (Å²) in [7, 11) is -3.68. The van der Waals surface area contributed by atoms with Crippen molar-refractivity contribution in [1.29, 1.82) is 0 Å². The summed E-state index contributed by atoms with van der Waals surface area (Å²) in [6.45, 7) is 0.373. The Bertz CT molecular complexity index is 1140. The van der Waals surface area contributed by atoms with E-state index < -0.39 is 27.8 Å². The zero-order valence-corrected chi connectivity index (χ0v) is 16.8. The van der Waals surface area contributed by atoms with E-state index >= 15 is 0 Å². The number of carbonyl (C=O) groups is 1. The number of sulfonamides is 1. The summed E-state index contributed by atoms with van der Waals surface area (Å²) < 4.78 is 41.1.